The van der Waals surface area contributed by atoms with Crippen molar-refractivity contribution < 1.29 is 26.3 Å². The summed E-state index contributed by atoms with van der Waals surface area (Å²) < 4.78 is 77.6. The van der Waals surface area contributed by atoms with Gasteiger partial charge >= 0.3 is 0 Å². The number of methoxy groups -OCH3 is 1. The summed E-state index contributed by atoms with van der Waals surface area (Å²) in [7, 11) is -3.17. The Bertz CT molecular complexity index is 1810. The summed E-state index contributed by atoms with van der Waals surface area (Å²) in [5.74, 6) is -1.76. The van der Waals surface area contributed by atoms with Gasteiger partial charge in [-0.3, -0.25) is 9.62 Å². The predicted octanol–water partition coefficient (Wildman–Crippen LogP) is 6.20. The third-order valence-corrected chi connectivity index (χ3v) is 9.75. The van der Waals surface area contributed by atoms with E-state index in [2.05, 4.69) is 29.9 Å². The second-order valence-corrected chi connectivity index (χ2v) is 13.1. The summed E-state index contributed by atoms with van der Waals surface area (Å²) in [4.78, 5) is 14.7. The highest BCUT2D eigenvalue weighted by Crippen LogP contribution is 2.35. The molecular weight excluding hydrogens is 617 g/mol. The standard InChI is InChI=1S/C30H30ClF3N6O3S/c1-43-29-26(13-19(31)15-35-29)44(41,42)39-25-9-7-23(33)27(28(25)34)17-2-8-24-18(12-17)14-36-30(38-24)37-21-3-5-22(6-4-21)40-11-10-20(32)16-40/h2,7-9,12-15,20-22,39H,3-6,10-11,16H2,1H3,(H,36,37,38)/t20-,21?,22?/m1/s1. The molecule has 1 saturated carbocycles. The molecule has 1 atom stereocenters. The van der Waals surface area contributed by atoms with Crippen molar-refractivity contribution in [1.82, 2.24) is 19.9 Å². The molecular formula is C30H30ClF3N6O3S. The van der Waals surface area contributed by atoms with Gasteiger partial charge in [0, 0.05) is 43.0 Å². The van der Waals surface area contributed by atoms with Crippen molar-refractivity contribution >= 4 is 44.2 Å². The Kier molecular flexibility index (Phi) is 8.53. The van der Waals surface area contributed by atoms with Crippen LogP contribution in [0.3, 0.4) is 0 Å². The number of likely N-dealkylation sites (tertiary alicyclic amines) is 1. The Labute approximate surface area is 257 Å². The van der Waals surface area contributed by atoms with Gasteiger partial charge in [0.1, 0.15) is 12.0 Å². The zero-order valence-electron chi connectivity index (χ0n) is 23.7. The number of nitrogens with zero attached hydrogens (tertiary/aromatic N) is 4. The van der Waals surface area contributed by atoms with Crippen LogP contribution >= 0.6 is 11.6 Å². The number of benzene rings is 2. The van der Waals surface area contributed by atoms with E-state index in [9.17, 15) is 17.2 Å². The first-order valence-corrected chi connectivity index (χ1v) is 16.1. The van der Waals surface area contributed by atoms with Crippen molar-refractivity contribution in [2.75, 3.05) is 30.2 Å². The van der Waals surface area contributed by atoms with E-state index in [1.165, 1.54) is 19.4 Å². The average Bonchev–Trinajstić information content (AvgIpc) is 3.45. The summed E-state index contributed by atoms with van der Waals surface area (Å²) in [6.45, 7) is 1.35. The summed E-state index contributed by atoms with van der Waals surface area (Å²) in [6, 6.07) is 8.39. The van der Waals surface area contributed by atoms with Crippen LogP contribution in [-0.2, 0) is 10.0 Å². The Morgan fingerprint density at radius 1 is 1.02 bits per heavy atom. The van der Waals surface area contributed by atoms with Gasteiger partial charge in [0.25, 0.3) is 10.0 Å². The minimum atomic E-state index is -4.40. The number of ether oxygens (including phenoxy) is 1. The predicted molar refractivity (Wildman–Crippen MR) is 162 cm³/mol. The van der Waals surface area contributed by atoms with Crippen LogP contribution in [0.1, 0.15) is 32.1 Å². The van der Waals surface area contributed by atoms with E-state index >= 15 is 4.39 Å². The van der Waals surface area contributed by atoms with E-state index < -0.39 is 44.0 Å². The lowest BCUT2D eigenvalue weighted by Crippen LogP contribution is -2.39. The molecule has 0 radical (unpaired) electrons. The first-order valence-electron chi connectivity index (χ1n) is 14.2. The van der Waals surface area contributed by atoms with Crippen molar-refractivity contribution in [2.45, 2.75) is 55.3 Å². The first-order chi connectivity index (χ1) is 21.1. The second-order valence-electron chi connectivity index (χ2n) is 11.0. The highest BCUT2D eigenvalue weighted by atomic mass is 35.5. The van der Waals surface area contributed by atoms with Crippen molar-refractivity contribution in [2.24, 2.45) is 0 Å². The van der Waals surface area contributed by atoms with Crippen LogP contribution in [-0.4, -0.2) is 66.7 Å². The van der Waals surface area contributed by atoms with Gasteiger partial charge in [-0.2, -0.15) is 0 Å². The number of nitrogens with one attached hydrogen (secondary N) is 2. The minimum absolute atomic E-state index is 0.0329. The number of sulfonamides is 1. The maximum atomic E-state index is 15.7. The van der Waals surface area contributed by atoms with Crippen molar-refractivity contribution in [3.63, 3.8) is 0 Å². The number of halogens is 4. The molecule has 2 aliphatic rings. The number of pyridine rings is 1. The zero-order chi connectivity index (χ0) is 31.0. The van der Waals surface area contributed by atoms with Crippen LogP contribution in [0.4, 0.5) is 24.8 Å². The minimum Gasteiger partial charge on any atom is -0.480 e. The lowest BCUT2D eigenvalue weighted by atomic mass is 9.90. The molecule has 44 heavy (non-hydrogen) atoms. The highest BCUT2D eigenvalue weighted by molar-refractivity contribution is 7.92. The van der Waals surface area contributed by atoms with Crippen molar-refractivity contribution in [3.05, 3.63) is 65.4 Å². The van der Waals surface area contributed by atoms with Gasteiger partial charge in [0.15, 0.2) is 10.7 Å². The van der Waals surface area contributed by atoms with Gasteiger partial charge in [0.05, 0.1) is 28.9 Å². The van der Waals surface area contributed by atoms with Gasteiger partial charge < -0.3 is 10.1 Å². The summed E-state index contributed by atoms with van der Waals surface area (Å²) in [5, 5.41) is 3.97. The maximum Gasteiger partial charge on any atom is 0.267 e. The first kappa shape index (κ1) is 30.4. The normalized spacial score (nSPS) is 21.0. The molecule has 232 valence electrons. The molecule has 0 bridgehead atoms. The fraction of sp³-hybridized carbons (Fsp3) is 0.367. The number of anilines is 2. The van der Waals surface area contributed by atoms with E-state index in [0.29, 0.717) is 35.9 Å². The molecule has 2 aromatic heterocycles. The topological polar surface area (TPSA) is 109 Å². The molecule has 9 nitrogen and oxygen atoms in total. The Morgan fingerprint density at radius 2 is 1.82 bits per heavy atom. The molecule has 3 heterocycles. The molecule has 6 rings (SSSR count). The summed E-state index contributed by atoms with van der Waals surface area (Å²) >= 11 is 5.92. The molecule has 0 spiro atoms. The molecule has 2 aromatic carbocycles. The number of alkyl halides is 1. The van der Waals surface area contributed by atoms with Gasteiger partial charge in [0.2, 0.25) is 11.8 Å². The van der Waals surface area contributed by atoms with Crippen LogP contribution < -0.4 is 14.8 Å². The lowest BCUT2D eigenvalue weighted by molar-refractivity contribution is 0.173. The zero-order valence-corrected chi connectivity index (χ0v) is 25.3. The quantitative estimate of drug-likeness (QED) is 0.233. The number of aromatic nitrogens is 3. The summed E-state index contributed by atoms with van der Waals surface area (Å²) in [5.41, 5.74) is -0.137. The Morgan fingerprint density at radius 3 is 2.55 bits per heavy atom. The third-order valence-electron chi connectivity index (χ3n) is 8.18. The van der Waals surface area contributed by atoms with Crippen LogP contribution in [0.25, 0.3) is 22.0 Å². The molecule has 1 aliphatic carbocycles. The molecule has 1 aliphatic heterocycles. The molecule has 0 unspecified atom stereocenters. The van der Waals surface area contributed by atoms with Crippen LogP contribution in [0, 0.1) is 11.6 Å². The average molecular weight is 647 g/mol. The van der Waals surface area contributed by atoms with Gasteiger partial charge in [-0.25, -0.2) is 36.5 Å². The Balaban J connectivity index is 1.19. The monoisotopic (exact) mass is 646 g/mol. The van der Waals surface area contributed by atoms with Crippen LogP contribution in [0.2, 0.25) is 5.02 Å². The molecule has 4 aromatic rings. The fourth-order valence-corrected chi connectivity index (χ4v) is 7.38. The van der Waals surface area contributed by atoms with Gasteiger partial charge in [-0.1, -0.05) is 17.7 Å². The van der Waals surface area contributed by atoms with Crippen LogP contribution in [0.15, 0.2) is 53.7 Å². The van der Waals surface area contributed by atoms with Gasteiger partial charge in [-0.15, -0.1) is 0 Å². The second kappa shape index (κ2) is 12.4. The molecule has 1 saturated heterocycles. The molecule has 2 N–H and O–H groups in total. The van der Waals surface area contributed by atoms with Crippen molar-refractivity contribution in [1.29, 1.82) is 0 Å². The smallest absolute Gasteiger partial charge is 0.267 e. The highest BCUT2D eigenvalue weighted by Gasteiger charge is 2.31. The van der Waals surface area contributed by atoms with E-state index in [4.69, 9.17) is 16.3 Å². The lowest BCUT2D eigenvalue weighted by Gasteiger charge is -2.34. The summed E-state index contributed by atoms with van der Waals surface area (Å²) in [6.07, 6.45) is 6.51. The molecule has 14 heteroatoms. The Hall–Kier alpha value is -3.68. The van der Waals surface area contributed by atoms with Crippen LogP contribution in [0.5, 0.6) is 5.88 Å². The largest absolute Gasteiger partial charge is 0.480 e. The number of hydrogen-bond acceptors (Lipinski definition) is 8. The number of rotatable bonds is 8. The molecule has 2 fully saturated rings. The fourth-order valence-electron chi connectivity index (χ4n) is 5.95. The van der Waals surface area contributed by atoms with E-state index in [-0.39, 0.29) is 22.5 Å². The van der Waals surface area contributed by atoms with E-state index in [1.807, 2.05) is 0 Å². The van der Waals surface area contributed by atoms with E-state index in [1.54, 1.807) is 18.3 Å². The van der Waals surface area contributed by atoms with Crippen molar-refractivity contribution in [3.8, 4) is 17.0 Å². The third kappa shape index (κ3) is 6.26. The SMILES string of the molecule is COc1ncc(Cl)cc1S(=O)(=O)Nc1ccc(F)c(-c2ccc3nc(NC4CCC(N5CC[C@@H](F)C5)CC4)ncc3c2)c1F. The number of fused-ring (bicyclic) bond motifs is 1. The number of hydrogen-bond donors (Lipinski definition) is 2. The maximum absolute atomic E-state index is 15.7. The van der Waals surface area contributed by atoms with E-state index in [0.717, 1.165) is 50.4 Å². The molecule has 0 amide bonds. The van der Waals surface area contributed by atoms with Gasteiger partial charge in [-0.05, 0) is 68.0 Å².